The van der Waals surface area contributed by atoms with E-state index >= 15 is 0 Å². The molecule has 84 heavy (non-hydrogen) atoms. The standard InChI is InChI=1S/C80H61BN2S/c1-79(2,3)59-41-58(42-60(47-59)80(4,5)6)63-34-22-33-62(54-31-20-11-21-32-54)77(63)83-70-48-67-66-43-55(50-23-12-7-13-24-50)36-40-73(66)84-74(67)49-68(70)81-75-61(53-29-18-10-19-30-53)38-39-65-64-37-35-56(51-25-14-8-15-26-51)44-69(64)82(78(65)75)71-45-57(46-72(83)76(71)81)52-27-16-9-17-28-52/h7-49H,1-6H3. The van der Waals surface area contributed by atoms with Crippen molar-refractivity contribution in [3.8, 4) is 72.4 Å². The van der Waals surface area contributed by atoms with Crippen LogP contribution in [-0.4, -0.2) is 11.3 Å². The molecule has 0 fully saturated rings. The molecular weight excluding hydrogens is 1030 g/mol. The van der Waals surface area contributed by atoms with Gasteiger partial charge in [-0.15, -0.1) is 11.3 Å². The summed E-state index contributed by atoms with van der Waals surface area (Å²) in [5.74, 6) is 0. The van der Waals surface area contributed by atoms with Gasteiger partial charge >= 0.3 is 0 Å². The first-order valence-electron chi connectivity index (χ1n) is 29.6. The van der Waals surface area contributed by atoms with Gasteiger partial charge in [0.05, 0.1) is 11.2 Å². The largest absolute Gasteiger partial charge is 0.310 e. The van der Waals surface area contributed by atoms with Gasteiger partial charge in [0.15, 0.2) is 0 Å². The third kappa shape index (κ3) is 7.99. The molecule has 0 radical (unpaired) electrons. The Balaban J connectivity index is 1.11. The van der Waals surface area contributed by atoms with Crippen LogP contribution in [0.1, 0.15) is 52.7 Å². The highest BCUT2D eigenvalue weighted by molar-refractivity contribution is 7.26. The van der Waals surface area contributed by atoms with E-state index < -0.39 is 0 Å². The number of fused-ring (bicyclic) bond motifs is 10. The van der Waals surface area contributed by atoms with E-state index in [1.54, 1.807) is 0 Å². The van der Waals surface area contributed by atoms with Gasteiger partial charge < -0.3 is 9.47 Å². The summed E-state index contributed by atoms with van der Waals surface area (Å²) in [5, 5.41) is 5.06. The quantitative estimate of drug-likeness (QED) is 0.144. The lowest BCUT2D eigenvalue weighted by atomic mass is 9.33. The van der Waals surface area contributed by atoms with Crippen molar-refractivity contribution in [2.75, 3.05) is 4.90 Å². The van der Waals surface area contributed by atoms with E-state index in [-0.39, 0.29) is 17.5 Å². The Morgan fingerprint density at radius 2 is 0.833 bits per heavy atom. The fourth-order valence-electron chi connectivity index (χ4n) is 13.8. The average molecular weight is 1090 g/mol. The predicted molar refractivity (Wildman–Crippen MR) is 363 cm³/mol. The van der Waals surface area contributed by atoms with Gasteiger partial charge in [0.25, 0.3) is 6.71 Å². The van der Waals surface area contributed by atoms with Crippen molar-refractivity contribution in [3.05, 3.63) is 272 Å². The molecule has 0 saturated carbocycles. The van der Waals surface area contributed by atoms with Crippen LogP contribution in [0.25, 0.3) is 114 Å². The highest BCUT2D eigenvalue weighted by Gasteiger charge is 2.45. The number of rotatable bonds is 7. The molecule has 0 amide bonds. The molecule has 2 aromatic heterocycles. The van der Waals surface area contributed by atoms with Gasteiger partial charge in [0, 0.05) is 64.7 Å². The molecule has 2 nitrogen and oxygen atoms in total. The first kappa shape index (κ1) is 50.3. The fraction of sp³-hybridized carbons (Fsp3) is 0.100. The van der Waals surface area contributed by atoms with Crippen molar-refractivity contribution < 1.29 is 0 Å². The number of benzene rings is 12. The summed E-state index contributed by atoms with van der Waals surface area (Å²) in [7, 11) is 0. The fourth-order valence-corrected chi connectivity index (χ4v) is 15.0. The molecular formula is C80H61BN2S. The molecule has 0 bridgehead atoms. The predicted octanol–water partition coefficient (Wildman–Crippen LogP) is 20.4. The number of hydrogen-bond acceptors (Lipinski definition) is 2. The molecule has 2 aliphatic heterocycles. The second kappa shape index (κ2) is 19.0. The van der Waals surface area contributed by atoms with E-state index in [1.807, 2.05) is 11.3 Å². The Labute approximate surface area is 496 Å². The minimum atomic E-state index is -0.145. The molecule has 0 atom stereocenters. The monoisotopic (exact) mass is 1090 g/mol. The summed E-state index contributed by atoms with van der Waals surface area (Å²) >= 11 is 1.92. The molecule has 0 N–H and O–H groups in total. The van der Waals surface area contributed by atoms with E-state index in [9.17, 15) is 0 Å². The van der Waals surface area contributed by atoms with Crippen LogP contribution in [0.15, 0.2) is 261 Å². The molecule has 2 aliphatic rings. The van der Waals surface area contributed by atoms with Gasteiger partial charge in [-0.2, -0.15) is 0 Å². The summed E-state index contributed by atoms with van der Waals surface area (Å²) < 4.78 is 5.24. The Morgan fingerprint density at radius 1 is 0.321 bits per heavy atom. The smallest absolute Gasteiger partial charge is 0.253 e. The molecule has 12 aromatic carbocycles. The Kier molecular flexibility index (Phi) is 11.4. The van der Waals surface area contributed by atoms with Crippen molar-refractivity contribution in [3.63, 3.8) is 0 Å². The maximum absolute atomic E-state index is 2.73. The second-order valence-electron chi connectivity index (χ2n) is 25.2. The first-order valence-corrected chi connectivity index (χ1v) is 30.4. The van der Waals surface area contributed by atoms with E-state index in [4.69, 9.17) is 0 Å². The zero-order valence-corrected chi connectivity index (χ0v) is 49.0. The third-order valence-electron chi connectivity index (χ3n) is 18.1. The van der Waals surface area contributed by atoms with Crippen molar-refractivity contribution >= 4 is 93.5 Å². The number of aromatic nitrogens is 1. The molecule has 400 valence electrons. The van der Waals surface area contributed by atoms with Crippen LogP contribution in [0.5, 0.6) is 0 Å². The molecule has 0 saturated heterocycles. The number of hydrogen-bond donors (Lipinski definition) is 0. The number of anilines is 3. The summed E-state index contributed by atoms with van der Waals surface area (Å²) in [6, 6.07) is 99.0. The number of thiophene rings is 1. The number of nitrogens with zero attached hydrogens (tertiary/aromatic N) is 2. The van der Waals surface area contributed by atoms with E-state index in [2.05, 4.69) is 312 Å². The summed E-state index contributed by atoms with van der Waals surface area (Å²) in [6.07, 6.45) is 0. The van der Waals surface area contributed by atoms with Gasteiger partial charge in [0.1, 0.15) is 0 Å². The minimum Gasteiger partial charge on any atom is -0.310 e. The maximum atomic E-state index is 2.73. The lowest BCUT2D eigenvalue weighted by Gasteiger charge is -2.42. The lowest BCUT2D eigenvalue weighted by Crippen LogP contribution is -2.61. The Bertz CT molecular complexity index is 4920. The normalized spacial score (nSPS) is 12.8. The van der Waals surface area contributed by atoms with Crippen LogP contribution < -0.4 is 21.3 Å². The maximum Gasteiger partial charge on any atom is 0.253 e. The first-order chi connectivity index (χ1) is 40.9. The second-order valence-corrected chi connectivity index (χ2v) is 26.3. The molecule has 14 aromatic rings. The highest BCUT2D eigenvalue weighted by Crippen LogP contribution is 2.52. The van der Waals surface area contributed by atoms with Crippen LogP contribution in [0.4, 0.5) is 17.1 Å². The average Bonchev–Trinajstić information content (AvgIpc) is 2.05. The van der Waals surface area contributed by atoms with Gasteiger partial charge in [-0.25, -0.2) is 0 Å². The topological polar surface area (TPSA) is 8.17 Å². The minimum absolute atomic E-state index is 0.0967. The molecule has 16 rings (SSSR count). The third-order valence-corrected chi connectivity index (χ3v) is 19.2. The summed E-state index contributed by atoms with van der Waals surface area (Å²) in [6.45, 7) is 14.0. The van der Waals surface area contributed by atoms with Crippen molar-refractivity contribution in [1.29, 1.82) is 0 Å². The van der Waals surface area contributed by atoms with Crippen molar-refractivity contribution in [2.45, 2.75) is 52.4 Å². The van der Waals surface area contributed by atoms with Crippen LogP contribution in [-0.2, 0) is 10.8 Å². The highest BCUT2D eigenvalue weighted by atomic mass is 32.1. The van der Waals surface area contributed by atoms with Crippen molar-refractivity contribution in [2.24, 2.45) is 0 Å². The number of para-hydroxylation sites is 1. The van der Waals surface area contributed by atoms with Crippen LogP contribution >= 0.6 is 11.3 Å². The zero-order valence-electron chi connectivity index (χ0n) is 48.2. The van der Waals surface area contributed by atoms with Gasteiger partial charge in [-0.3, -0.25) is 0 Å². The zero-order chi connectivity index (χ0) is 56.6. The molecule has 0 aliphatic carbocycles. The van der Waals surface area contributed by atoms with E-state index in [1.165, 1.54) is 159 Å². The van der Waals surface area contributed by atoms with Gasteiger partial charge in [-0.1, -0.05) is 260 Å². The molecule has 4 heterocycles. The SMILES string of the molecule is CC(C)(C)c1cc(-c2cccc(-c3ccccc3)c2N2c3cc4c(cc3B3c5c2cc(-c2ccccc2)cc5-n2c5cc(-c6ccccc6)ccc5c5ccc(-c6ccccc6)c3c52)sc2ccc(-c3ccccc3)cc24)cc(C(C)(C)C)c1. The van der Waals surface area contributed by atoms with Gasteiger partial charge in [-0.05, 0) is 136 Å². The summed E-state index contributed by atoms with van der Waals surface area (Å²) in [4.78, 5) is 2.73. The van der Waals surface area contributed by atoms with Crippen LogP contribution in [0.2, 0.25) is 0 Å². The van der Waals surface area contributed by atoms with E-state index in [0.29, 0.717) is 0 Å². The van der Waals surface area contributed by atoms with Crippen LogP contribution in [0.3, 0.4) is 0 Å². The molecule has 0 unspecified atom stereocenters. The Morgan fingerprint density at radius 3 is 1.44 bits per heavy atom. The van der Waals surface area contributed by atoms with Crippen molar-refractivity contribution in [1.82, 2.24) is 4.57 Å². The Hall–Kier alpha value is -9.48. The molecule has 4 heteroatoms. The summed E-state index contributed by atoms with van der Waals surface area (Å²) in [5.41, 5.74) is 28.1. The lowest BCUT2D eigenvalue weighted by molar-refractivity contribution is 0.569. The van der Waals surface area contributed by atoms with Crippen LogP contribution in [0, 0.1) is 0 Å². The molecule has 0 spiro atoms. The van der Waals surface area contributed by atoms with Gasteiger partial charge in [0.2, 0.25) is 0 Å². The van der Waals surface area contributed by atoms with E-state index in [0.717, 1.165) is 0 Å².